The van der Waals surface area contributed by atoms with Crippen LogP contribution in [0, 0.1) is 0 Å². The molecule has 1 aromatic carbocycles. The number of aromatic amines is 1. The molecule has 0 saturated carbocycles. The van der Waals surface area contributed by atoms with Crippen LogP contribution in [-0.2, 0) is 10.0 Å². The maximum atomic E-state index is 12.1. The molecule has 0 aliphatic rings. The Morgan fingerprint density at radius 3 is 2.50 bits per heavy atom. The number of hydrogen-bond acceptors (Lipinski definition) is 4. The fraction of sp³-hybridized carbons (Fsp3) is 0. The SMILES string of the molecule is O=S(=O)(Nc1ccc(-c2ccn[nH]2)cc1)c1cccs1. The Morgan fingerprint density at radius 1 is 1.10 bits per heavy atom. The van der Waals surface area contributed by atoms with Crippen molar-refractivity contribution in [3.8, 4) is 11.3 Å². The Bertz CT molecular complexity index is 777. The lowest BCUT2D eigenvalue weighted by Crippen LogP contribution is -2.11. The molecule has 0 amide bonds. The molecule has 0 aliphatic heterocycles. The van der Waals surface area contributed by atoms with Crippen molar-refractivity contribution in [1.82, 2.24) is 10.2 Å². The first kappa shape index (κ1) is 12.9. The minimum absolute atomic E-state index is 0.301. The minimum Gasteiger partial charge on any atom is -0.279 e. The predicted octanol–water partition coefficient (Wildman–Crippen LogP) is 2.94. The van der Waals surface area contributed by atoms with Crippen LogP contribution < -0.4 is 4.72 Å². The summed E-state index contributed by atoms with van der Waals surface area (Å²) >= 11 is 1.19. The summed E-state index contributed by atoms with van der Waals surface area (Å²) in [4.78, 5) is 0. The van der Waals surface area contributed by atoms with Gasteiger partial charge in [-0.3, -0.25) is 9.82 Å². The second-order valence-corrected chi connectivity index (χ2v) is 6.94. The largest absolute Gasteiger partial charge is 0.279 e. The van der Waals surface area contributed by atoms with Crippen molar-refractivity contribution < 1.29 is 8.42 Å². The molecule has 2 aromatic heterocycles. The molecule has 3 rings (SSSR count). The summed E-state index contributed by atoms with van der Waals surface area (Å²) in [5, 5.41) is 8.47. The molecular formula is C13H11N3O2S2. The van der Waals surface area contributed by atoms with Crippen LogP contribution >= 0.6 is 11.3 Å². The molecule has 102 valence electrons. The maximum Gasteiger partial charge on any atom is 0.271 e. The first-order chi connectivity index (χ1) is 9.65. The molecular weight excluding hydrogens is 294 g/mol. The third-order valence-electron chi connectivity index (χ3n) is 2.71. The summed E-state index contributed by atoms with van der Waals surface area (Å²) in [6, 6.07) is 12.2. The highest BCUT2D eigenvalue weighted by Gasteiger charge is 2.14. The van der Waals surface area contributed by atoms with Gasteiger partial charge in [0.15, 0.2) is 0 Å². The third-order valence-corrected chi connectivity index (χ3v) is 5.49. The summed E-state index contributed by atoms with van der Waals surface area (Å²) in [5.41, 5.74) is 2.36. The minimum atomic E-state index is -3.49. The van der Waals surface area contributed by atoms with E-state index >= 15 is 0 Å². The van der Waals surface area contributed by atoms with Crippen molar-refractivity contribution in [2.45, 2.75) is 4.21 Å². The number of sulfonamides is 1. The van der Waals surface area contributed by atoms with Gasteiger partial charge in [-0.2, -0.15) is 5.10 Å². The average Bonchev–Trinajstić information content (AvgIpc) is 3.13. The summed E-state index contributed by atoms with van der Waals surface area (Å²) in [6.07, 6.45) is 1.67. The van der Waals surface area contributed by atoms with Crippen LogP contribution in [0.15, 0.2) is 58.3 Å². The Labute approximate surface area is 120 Å². The molecule has 2 heterocycles. The van der Waals surface area contributed by atoms with Gasteiger partial charge in [0.05, 0.1) is 5.69 Å². The van der Waals surface area contributed by atoms with E-state index in [9.17, 15) is 8.42 Å². The highest BCUT2D eigenvalue weighted by Crippen LogP contribution is 2.22. The third kappa shape index (κ3) is 2.59. The van der Waals surface area contributed by atoms with Crippen molar-refractivity contribution in [1.29, 1.82) is 0 Å². The quantitative estimate of drug-likeness (QED) is 0.778. The van der Waals surface area contributed by atoms with E-state index in [1.807, 2.05) is 18.2 Å². The van der Waals surface area contributed by atoms with Crippen molar-refractivity contribution in [2.24, 2.45) is 0 Å². The van der Waals surface area contributed by atoms with E-state index in [1.165, 1.54) is 11.3 Å². The molecule has 0 bridgehead atoms. The van der Waals surface area contributed by atoms with Crippen LogP contribution in [0.25, 0.3) is 11.3 Å². The second-order valence-electron chi connectivity index (χ2n) is 4.09. The fourth-order valence-electron chi connectivity index (χ4n) is 1.76. The standard InChI is InChI=1S/C13H11N3O2S2/c17-20(18,13-2-1-9-19-13)16-11-5-3-10(4-6-11)12-7-8-14-15-12/h1-9,16H,(H,14,15). The molecule has 0 fully saturated rings. The molecule has 20 heavy (non-hydrogen) atoms. The summed E-state index contributed by atoms with van der Waals surface area (Å²) in [5.74, 6) is 0. The van der Waals surface area contributed by atoms with E-state index in [2.05, 4.69) is 14.9 Å². The number of hydrogen-bond donors (Lipinski definition) is 2. The Kier molecular flexibility index (Phi) is 3.29. The van der Waals surface area contributed by atoms with E-state index < -0.39 is 10.0 Å². The van der Waals surface area contributed by atoms with Gasteiger partial charge < -0.3 is 0 Å². The normalized spacial score (nSPS) is 11.4. The summed E-state index contributed by atoms with van der Waals surface area (Å²) in [6.45, 7) is 0. The number of benzene rings is 1. The smallest absolute Gasteiger partial charge is 0.271 e. The van der Waals surface area contributed by atoms with Crippen LogP contribution in [-0.4, -0.2) is 18.6 Å². The molecule has 2 N–H and O–H groups in total. The number of H-pyrrole nitrogens is 1. The van der Waals surface area contributed by atoms with E-state index in [0.717, 1.165) is 11.3 Å². The number of thiophene rings is 1. The van der Waals surface area contributed by atoms with Crippen molar-refractivity contribution in [2.75, 3.05) is 4.72 Å². The lowest BCUT2D eigenvalue weighted by atomic mass is 10.1. The van der Waals surface area contributed by atoms with Gasteiger partial charge in [0.2, 0.25) is 0 Å². The fourth-order valence-corrected chi connectivity index (χ4v) is 3.81. The van der Waals surface area contributed by atoms with Gasteiger partial charge in [-0.1, -0.05) is 18.2 Å². The van der Waals surface area contributed by atoms with Gasteiger partial charge in [0.25, 0.3) is 10.0 Å². The molecule has 5 nitrogen and oxygen atoms in total. The predicted molar refractivity (Wildman–Crippen MR) is 79.2 cm³/mol. The maximum absolute atomic E-state index is 12.1. The van der Waals surface area contributed by atoms with Crippen molar-refractivity contribution in [3.63, 3.8) is 0 Å². The van der Waals surface area contributed by atoms with Crippen LogP contribution in [0.1, 0.15) is 0 Å². The van der Waals surface area contributed by atoms with E-state index in [-0.39, 0.29) is 0 Å². The molecule has 7 heteroatoms. The van der Waals surface area contributed by atoms with Gasteiger partial charge in [-0.25, -0.2) is 8.42 Å². The lowest BCUT2D eigenvalue weighted by Gasteiger charge is -2.06. The highest BCUT2D eigenvalue weighted by molar-refractivity contribution is 7.94. The first-order valence-corrected chi connectivity index (χ1v) is 8.17. The summed E-state index contributed by atoms with van der Waals surface area (Å²) < 4.78 is 27.0. The Balaban J connectivity index is 1.83. The molecule has 0 saturated heterocycles. The number of nitrogens with zero attached hydrogens (tertiary/aromatic N) is 1. The molecule has 0 unspecified atom stereocenters. The van der Waals surface area contributed by atoms with Crippen LogP contribution in [0.2, 0.25) is 0 Å². The zero-order valence-corrected chi connectivity index (χ0v) is 11.9. The molecule has 0 aliphatic carbocycles. The summed E-state index contributed by atoms with van der Waals surface area (Å²) in [7, 11) is -3.49. The van der Waals surface area contributed by atoms with Crippen LogP contribution in [0.3, 0.4) is 0 Å². The second kappa shape index (κ2) is 5.10. The van der Waals surface area contributed by atoms with E-state index in [1.54, 1.807) is 35.8 Å². The topological polar surface area (TPSA) is 74.8 Å². The first-order valence-electron chi connectivity index (χ1n) is 5.81. The Morgan fingerprint density at radius 2 is 1.90 bits per heavy atom. The molecule has 0 spiro atoms. The van der Waals surface area contributed by atoms with Gasteiger partial charge in [0, 0.05) is 11.9 Å². The van der Waals surface area contributed by atoms with E-state index in [4.69, 9.17) is 0 Å². The van der Waals surface area contributed by atoms with Gasteiger partial charge in [0.1, 0.15) is 4.21 Å². The number of anilines is 1. The van der Waals surface area contributed by atoms with Crippen molar-refractivity contribution in [3.05, 3.63) is 54.0 Å². The van der Waals surface area contributed by atoms with Crippen LogP contribution in [0.4, 0.5) is 5.69 Å². The van der Waals surface area contributed by atoms with Gasteiger partial charge in [-0.05, 0) is 35.2 Å². The van der Waals surface area contributed by atoms with Gasteiger partial charge in [-0.15, -0.1) is 11.3 Å². The zero-order chi connectivity index (χ0) is 14.0. The highest BCUT2D eigenvalue weighted by atomic mass is 32.2. The van der Waals surface area contributed by atoms with Crippen molar-refractivity contribution >= 4 is 27.0 Å². The number of rotatable bonds is 4. The average molecular weight is 305 g/mol. The number of aromatic nitrogens is 2. The molecule has 0 radical (unpaired) electrons. The van der Waals surface area contributed by atoms with Crippen LogP contribution in [0.5, 0.6) is 0 Å². The zero-order valence-electron chi connectivity index (χ0n) is 10.3. The van der Waals surface area contributed by atoms with Gasteiger partial charge >= 0.3 is 0 Å². The molecule has 0 atom stereocenters. The lowest BCUT2D eigenvalue weighted by molar-refractivity contribution is 0.603. The Hall–Kier alpha value is -2.12. The molecule has 3 aromatic rings. The number of nitrogens with one attached hydrogen (secondary N) is 2. The monoisotopic (exact) mass is 305 g/mol. The van der Waals surface area contributed by atoms with E-state index in [0.29, 0.717) is 9.90 Å².